The summed E-state index contributed by atoms with van der Waals surface area (Å²) in [7, 11) is 0. The minimum absolute atomic E-state index is 0.525. The number of hydrogen-bond donors (Lipinski definition) is 0. The highest BCUT2D eigenvalue weighted by molar-refractivity contribution is 6.17. The SMILES string of the molecule is c1ccc(-c2cc(-c3ccccc3)cc(-c3nc(-c4ccccc4)nc(-c4cccc5oc6cccc(-c7nc8ccccc8o7)c6c45)n3)c2)cc1. The van der Waals surface area contributed by atoms with Crippen LogP contribution in [0.25, 0.3) is 101 Å². The first-order valence-electron chi connectivity index (χ1n) is 17.1. The predicted molar refractivity (Wildman–Crippen MR) is 207 cm³/mol. The van der Waals surface area contributed by atoms with E-state index in [2.05, 4.69) is 66.7 Å². The van der Waals surface area contributed by atoms with Crippen LogP contribution in [0.4, 0.5) is 0 Å². The van der Waals surface area contributed by atoms with Crippen LogP contribution in [0.5, 0.6) is 0 Å². The fourth-order valence-corrected chi connectivity index (χ4v) is 6.91. The lowest BCUT2D eigenvalue weighted by atomic mass is 9.95. The standard InChI is InChI=1S/C46H28N4O2/c1-4-14-29(15-5-1)32-26-33(30-16-6-2-7-17-30)28-34(27-32)44-48-43(31-18-8-3-9-19-31)49-45(50-44)35-20-12-24-39-41(35)42-36(21-13-25-40(42)51-39)46-47-37-22-10-11-23-38(37)52-46/h1-28H. The zero-order chi connectivity index (χ0) is 34.4. The van der Waals surface area contributed by atoms with Crippen LogP contribution in [0.1, 0.15) is 0 Å². The molecule has 0 aliphatic heterocycles. The lowest BCUT2D eigenvalue weighted by Gasteiger charge is -2.13. The largest absolute Gasteiger partial charge is 0.456 e. The molecule has 0 radical (unpaired) electrons. The van der Waals surface area contributed by atoms with Gasteiger partial charge in [-0.25, -0.2) is 19.9 Å². The van der Waals surface area contributed by atoms with E-state index in [1.54, 1.807) is 0 Å². The minimum Gasteiger partial charge on any atom is -0.456 e. The van der Waals surface area contributed by atoms with E-state index in [-0.39, 0.29) is 0 Å². The third-order valence-corrected chi connectivity index (χ3v) is 9.36. The van der Waals surface area contributed by atoms with Crippen LogP contribution in [-0.2, 0) is 0 Å². The molecule has 6 heteroatoms. The van der Waals surface area contributed by atoms with Crippen LogP contribution in [-0.4, -0.2) is 19.9 Å². The highest BCUT2D eigenvalue weighted by Crippen LogP contribution is 2.42. The quantitative estimate of drug-likeness (QED) is 0.175. The Morgan fingerprint density at radius 3 is 1.42 bits per heavy atom. The molecule has 0 saturated heterocycles. The smallest absolute Gasteiger partial charge is 0.228 e. The van der Waals surface area contributed by atoms with Crippen molar-refractivity contribution in [3.8, 4) is 67.9 Å². The molecule has 0 fully saturated rings. The van der Waals surface area contributed by atoms with Gasteiger partial charge in [0.1, 0.15) is 16.7 Å². The Balaban J connectivity index is 1.23. The topological polar surface area (TPSA) is 77.8 Å². The number of hydrogen-bond acceptors (Lipinski definition) is 6. The van der Waals surface area contributed by atoms with Crippen LogP contribution < -0.4 is 0 Å². The normalized spacial score (nSPS) is 11.5. The van der Waals surface area contributed by atoms with Crippen molar-refractivity contribution < 1.29 is 8.83 Å². The Labute approximate surface area is 298 Å². The Bertz CT molecular complexity index is 2810. The van der Waals surface area contributed by atoms with E-state index < -0.39 is 0 Å². The molecular formula is C46H28N4O2. The van der Waals surface area contributed by atoms with Crippen LogP contribution >= 0.6 is 0 Å². The van der Waals surface area contributed by atoms with Crippen molar-refractivity contribution in [3.05, 3.63) is 170 Å². The van der Waals surface area contributed by atoms with E-state index in [0.29, 0.717) is 23.4 Å². The molecule has 0 bridgehead atoms. The molecule has 10 aromatic rings. The highest BCUT2D eigenvalue weighted by atomic mass is 16.3. The van der Waals surface area contributed by atoms with Gasteiger partial charge in [-0.3, -0.25) is 0 Å². The third kappa shape index (κ3) is 5.22. The van der Waals surface area contributed by atoms with E-state index in [0.717, 1.165) is 77.5 Å². The molecular weight excluding hydrogens is 641 g/mol. The van der Waals surface area contributed by atoms with Crippen molar-refractivity contribution in [2.24, 2.45) is 0 Å². The van der Waals surface area contributed by atoms with Crippen LogP contribution in [0.15, 0.2) is 179 Å². The van der Waals surface area contributed by atoms with Gasteiger partial charge in [0, 0.05) is 33.0 Å². The van der Waals surface area contributed by atoms with Gasteiger partial charge in [0.05, 0.1) is 0 Å². The van der Waals surface area contributed by atoms with Crippen molar-refractivity contribution in [1.82, 2.24) is 19.9 Å². The summed E-state index contributed by atoms with van der Waals surface area (Å²) in [5.41, 5.74) is 10.8. The molecule has 0 N–H and O–H groups in total. The Hall–Kier alpha value is -7.18. The Morgan fingerprint density at radius 1 is 0.308 bits per heavy atom. The summed E-state index contributed by atoms with van der Waals surface area (Å²) in [5, 5.41) is 1.77. The lowest BCUT2D eigenvalue weighted by molar-refractivity contribution is 0.620. The molecule has 3 aromatic heterocycles. The molecule has 0 aliphatic rings. The monoisotopic (exact) mass is 668 g/mol. The zero-order valence-electron chi connectivity index (χ0n) is 27.8. The van der Waals surface area contributed by atoms with Crippen molar-refractivity contribution in [2.75, 3.05) is 0 Å². The van der Waals surface area contributed by atoms with Gasteiger partial charge in [0.2, 0.25) is 5.89 Å². The molecule has 10 rings (SSSR count). The number of fused-ring (bicyclic) bond motifs is 4. The van der Waals surface area contributed by atoms with Gasteiger partial charge >= 0.3 is 0 Å². The third-order valence-electron chi connectivity index (χ3n) is 9.36. The minimum atomic E-state index is 0.525. The average Bonchev–Trinajstić information content (AvgIpc) is 3.84. The number of furan rings is 1. The zero-order valence-corrected chi connectivity index (χ0v) is 27.8. The molecule has 0 unspecified atom stereocenters. The van der Waals surface area contributed by atoms with Gasteiger partial charge < -0.3 is 8.83 Å². The van der Waals surface area contributed by atoms with Crippen molar-refractivity contribution in [1.29, 1.82) is 0 Å². The first-order valence-corrected chi connectivity index (χ1v) is 17.1. The lowest BCUT2D eigenvalue weighted by Crippen LogP contribution is -2.01. The second-order valence-corrected chi connectivity index (χ2v) is 12.6. The summed E-state index contributed by atoms with van der Waals surface area (Å²) in [6.45, 7) is 0. The molecule has 6 nitrogen and oxygen atoms in total. The predicted octanol–water partition coefficient (Wildman–Crippen LogP) is 11.9. The van der Waals surface area contributed by atoms with Crippen molar-refractivity contribution in [3.63, 3.8) is 0 Å². The first-order chi connectivity index (χ1) is 25.7. The number of oxazole rings is 1. The number of nitrogens with zero attached hydrogens (tertiary/aromatic N) is 4. The number of rotatable bonds is 6. The molecule has 52 heavy (non-hydrogen) atoms. The van der Waals surface area contributed by atoms with Crippen LogP contribution in [0, 0.1) is 0 Å². The Kier molecular flexibility index (Phi) is 7.03. The highest BCUT2D eigenvalue weighted by Gasteiger charge is 2.22. The van der Waals surface area contributed by atoms with Gasteiger partial charge in [-0.2, -0.15) is 0 Å². The van der Waals surface area contributed by atoms with Crippen molar-refractivity contribution in [2.45, 2.75) is 0 Å². The molecule has 0 atom stereocenters. The summed E-state index contributed by atoms with van der Waals surface area (Å²) in [6, 6.07) is 57.1. The van der Waals surface area contributed by atoms with Crippen LogP contribution in [0.3, 0.4) is 0 Å². The molecule has 244 valence electrons. The summed E-state index contributed by atoms with van der Waals surface area (Å²) in [6.07, 6.45) is 0. The van der Waals surface area contributed by atoms with Crippen LogP contribution in [0.2, 0.25) is 0 Å². The molecule has 7 aromatic carbocycles. The number of para-hydroxylation sites is 2. The van der Waals surface area contributed by atoms with Gasteiger partial charge in [-0.15, -0.1) is 0 Å². The fourth-order valence-electron chi connectivity index (χ4n) is 6.91. The molecule has 0 spiro atoms. The van der Waals surface area contributed by atoms with E-state index >= 15 is 0 Å². The molecule has 3 heterocycles. The van der Waals surface area contributed by atoms with E-state index in [1.807, 2.05) is 103 Å². The van der Waals surface area contributed by atoms with E-state index in [1.165, 1.54) is 0 Å². The van der Waals surface area contributed by atoms with E-state index in [4.69, 9.17) is 28.8 Å². The molecule has 0 saturated carbocycles. The Morgan fingerprint density at radius 2 is 0.788 bits per heavy atom. The second-order valence-electron chi connectivity index (χ2n) is 12.6. The summed E-state index contributed by atoms with van der Waals surface area (Å²) >= 11 is 0. The molecule has 0 amide bonds. The fraction of sp³-hybridized carbons (Fsp3) is 0. The van der Waals surface area contributed by atoms with Gasteiger partial charge in [-0.05, 0) is 70.8 Å². The number of benzene rings is 7. The summed E-state index contributed by atoms with van der Waals surface area (Å²) in [4.78, 5) is 20.3. The molecule has 0 aliphatic carbocycles. The summed E-state index contributed by atoms with van der Waals surface area (Å²) in [5.74, 6) is 2.21. The average molecular weight is 669 g/mol. The summed E-state index contributed by atoms with van der Waals surface area (Å²) < 4.78 is 12.8. The van der Waals surface area contributed by atoms with Gasteiger partial charge in [0.15, 0.2) is 23.1 Å². The van der Waals surface area contributed by atoms with Gasteiger partial charge in [0.25, 0.3) is 0 Å². The maximum atomic E-state index is 6.47. The second kappa shape index (κ2) is 12.3. The number of aromatic nitrogens is 4. The van der Waals surface area contributed by atoms with Crippen molar-refractivity contribution >= 4 is 33.0 Å². The maximum Gasteiger partial charge on any atom is 0.228 e. The van der Waals surface area contributed by atoms with E-state index in [9.17, 15) is 0 Å². The maximum absolute atomic E-state index is 6.47. The first kappa shape index (κ1) is 29.7. The van der Waals surface area contributed by atoms with Gasteiger partial charge in [-0.1, -0.05) is 121 Å².